The van der Waals surface area contributed by atoms with Gasteiger partial charge in [0.2, 0.25) is 5.91 Å². The van der Waals surface area contributed by atoms with Gasteiger partial charge in [0.05, 0.1) is 0 Å². The summed E-state index contributed by atoms with van der Waals surface area (Å²) in [6.45, 7) is 6.42. The summed E-state index contributed by atoms with van der Waals surface area (Å²) >= 11 is 0. The van der Waals surface area contributed by atoms with Crippen LogP contribution in [0.15, 0.2) is 54.6 Å². The average Bonchev–Trinajstić information content (AvgIpc) is 2.71. The largest absolute Gasteiger partial charge is 0.484 e. The van der Waals surface area contributed by atoms with Crippen LogP contribution >= 0.6 is 0 Å². The molecule has 2 aromatic carbocycles. The zero-order chi connectivity index (χ0) is 21.2. The molecule has 1 N–H and O–H groups in total. The first-order chi connectivity index (χ1) is 13.9. The highest BCUT2D eigenvalue weighted by Crippen LogP contribution is 2.13. The number of amides is 2. The number of para-hydroxylation sites is 1. The van der Waals surface area contributed by atoms with Crippen LogP contribution in [0.3, 0.4) is 0 Å². The topological polar surface area (TPSA) is 58.6 Å². The van der Waals surface area contributed by atoms with Gasteiger partial charge in [0.1, 0.15) is 17.6 Å². The van der Waals surface area contributed by atoms with Crippen LogP contribution < -0.4 is 10.1 Å². The molecule has 0 aromatic heterocycles. The van der Waals surface area contributed by atoms with Gasteiger partial charge in [-0.2, -0.15) is 0 Å². The highest BCUT2D eigenvalue weighted by atomic mass is 19.1. The Bertz CT molecular complexity index is 778. The fourth-order valence-corrected chi connectivity index (χ4v) is 2.75. The van der Waals surface area contributed by atoms with Gasteiger partial charge in [-0.3, -0.25) is 9.59 Å². The van der Waals surface area contributed by atoms with Gasteiger partial charge in [0, 0.05) is 13.1 Å². The smallest absolute Gasteiger partial charge is 0.261 e. The number of nitrogens with zero attached hydrogens (tertiary/aromatic N) is 1. The first kappa shape index (κ1) is 22.4. The second-order valence-electron chi connectivity index (χ2n) is 7.40. The molecule has 0 fully saturated rings. The zero-order valence-electron chi connectivity index (χ0n) is 17.2. The summed E-state index contributed by atoms with van der Waals surface area (Å²) < 4.78 is 18.8. The Morgan fingerprint density at radius 2 is 1.69 bits per heavy atom. The van der Waals surface area contributed by atoms with E-state index in [-0.39, 0.29) is 30.8 Å². The van der Waals surface area contributed by atoms with E-state index >= 15 is 0 Å². The molecule has 0 saturated heterocycles. The lowest BCUT2D eigenvalue weighted by Crippen LogP contribution is -2.49. The van der Waals surface area contributed by atoms with Crippen LogP contribution in [0.2, 0.25) is 0 Å². The minimum Gasteiger partial charge on any atom is -0.484 e. The molecular formula is C23H29FN2O3. The Balaban J connectivity index is 2.07. The second kappa shape index (κ2) is 11.2. The summed E-state index contributed by atoms with van der Waals surface area (Å²) in [4.78, 5) is 26.9. The number of ether oxygens (including phenoxy) is 1. The Kier molecular flexibility index (Phi) is 8.65. The molecule has 0 radical (unpaired) electrons. The number of nitrogens with one attached hydrogen (secondary N) is 1. The van der Waals surface area contributed by atoms with E-state index in [1.54, 1.807) is 31.2 Å². The SMILES string of the molecule is CC(C)CCNC(=O)[C@H](C)N(Cc1ccc(F)cc1)C(=O)COc1ccccc1. The van der Waals surface area contributed by atoms with Gasteiger partial charge in [-0.15, -0.1) is 0 Å². The number of halogens is 1. The first-order valence-corrected chi connectivity index (χ1v) is 9.86. The van der Waals surface area contributed by atoms with Crippen LogP contribution in [0.5, 0.6) is 5.75 Å². The molecule has 2 rings (SSSR count). The van der Waals surface area contributed by atoms with Crippen molar-refractivity contribution < 1.29 is 18.7 Å². The molecule has 29 heavy (non-hydrogen) atoms. The number of hydrogen-bond donors (Lipinski definition) is 1. The maximum Gasteiger partial charge on any atom is 0.261 e. The minimum atomic E-state index is -0.681. The van der Waals surface area contributed by atoms with Crippen molar-refractivity contribution in [2.45, 2.75) is 39.8 Å². The van der Waals surface area contributed by atoms with Crippen molar-refractivity contribution in [2.24, 2.45) is 5.92 Å². The summed E-state index contributed by atoms with van der Waals surface area (Å²) in [5.41, 5.74) is 0.737. The van der Waals surface area contributed by atoms with Crippen LogP contribution in [0.25, 0.3) is 0 Å². The van der Waals surface area contributed by atoms with Crippen molar-refractivity contribution in [3.63, 3.8) is 0 Å². The average molecular weight is 400 g/mol. The van der Waals surface area contributed by atoms with Gasteiger partial charge in [-0.1, -0.05) is 44.2 Å². The zero-order valence-corrected chi connectivity index (χ0v) is 17.2. The maximum absolute atomic E-state index is 13.2. The molecule has 2 aromatic rings. The van der Waals surface area contributed by atoms with Gasteiger partial charge in [0.15, 0.2) is 6.61 Å². The summed E-state index contributed by atoms with van der Waals surface area (Å²) in [7, 11) is 0. The van der Waals surface area contributed by atoms with Crippen molar-refractivity contribution >= 4 is 11.8 Å². The predicted molar refractivity (Wildman–Crippen MR) is 111 cm³/mol. The van der Waals surface area contributed by atoms with E-state index < -0.39 is 6.04 Å². The van der Waals surface area contributed by atoms with Gasteiger partial charge >= 0.3 is 0 Å². The molecule has 0 aliphatic heterocycles. The van der Waals surface area contributed by atoms with Crippen molar-refractivity contribution in [1.82, 2.24) is 10.2 Å². The Labute approximate surface area is 171 Å². The molecule has 1 atom stereocenters. The molecule has 5 nitrogen and oxygen atoms in total. The van der Waals surface area contributed by atoms with Crippen molar-refractivity contribution in [3.05, 3.63) is 66.0 Å². The van der Waals surface area contributed by atoms with Gasteiger partial charge < -0.3 is 15.0 Å². The van der Waals surface area contributed by atoms with E-state index in [0.29, 0.717) is 18.2 Å². The maximum atomic E-state index is 13.2. The van der Waals surface area contributed by atoms with Gasteiger partial charge in [-0.25, -0.2) is 4.39 Å². The van der Waals surface area contributed by atoms with Crippen LogP contribution in [0.4, 0.5) is 4.39 Å². The van der Waals surface area contributed by atoms with Gasteiger partial charge in [-0.05, 0) is 49.1 Å². The van der Waals surface area contributed by atoms with Crippen LogP contribution in [0, 0.1) is 11.7 Å². The fourth-order valence-electron chi connectivity index (χ4n) is 2.75. The summed E-state index contributed by atoms with van der Waals surface area (Å²) in [5.74, 6) is 0.169. The van der Waals surface area contributed by atoms with E-state index in [2.05, 4.69) is 19.2 Å². The van der Waals surface area contributed by atoms with Gasteiger partial charge in [0.25, 0.3) is 5.91 Å². The lowest BCUT2D eigenvalue weighted by molar-refractivity contribution is -0.142. The van der Waals surface area contributed by atoms with E-state index in [4.69, 9.17) is 4.74 Å². The number of hydrogen-bond acceptors (Lipinski definition) is 3. The molecule has 0 aliphatic carbocycles. The molecular weight excluding hydrogens is 371 g/mol. The molecule has 0 unspecified atom stereocenters. The third kappa shape index (κ3) is 7.56. The molecule has 0 saturated carbocycles. The lowest BCUT2D eigenvalue weighted by atomic mass is 10.1. The number of carbonyl (C=O) groups is 2. The molecule has 0 heterocycles. The van der Waals surface area contributed by atoms with Crippen molar-refractivity contribution in [1.29, 1.82) is 0 Å². The number of carbonyl (C=O) groups excluding carboxylic acids is 2. The predicted octanol–water partition coefficient (Wildman–Crippen LogP) is 3.78. The third-order valence-corrected chi connectivity index (χ3v) is 4.56. The Morgan fingerprint density at radius 3 is 2.31 bits per heavy atom. The normalized spacial score (nSPS) is 11.8. The van der Waals surface area contributed by atoms with E-state index in [1.165, 1.54) is 17.0 Å². The summed E-state index contributed by atoms with van der Waals surface area (Å²) in [6, 6.07) is 14.2. The van der Waals surface area contributed by atoms with Crippen molar-refractivity contribution in [3.8, 4) is 5.75 Å². The molecule has 2 amide bonds. The number of rotatable bonds is 10. The molecule has 156 valence electrons. The highest BCUT2D eigenvalue weighted by Gasteiger charge is 2.26. The first-order valence-electron chi connectivity index (χ1n) is 9.86. The van der Waals surface area contributed by atoms with Crippen molar-refractivity contribution in [2.75, 3.05) is 13.2 Å². The fraction of sp³-hybridized carbons (Fsp3) is 0.391. The molecule has 0 aliphatic rings. The highest BCUT2D eigenvalue weighted by molar-refractivity contribution is 5.87. The standard InChI is InChI=1S/C23H29FN2O3/c1-17(2)13-14-25-23(28)18(3)26(15-19-9-11-20(24)12-10-19)22(27)16-29-21-7-5-4-6-8-21/h4-12,17-18H,13-16H2,1-3H3,(H,25,28)/t18-/m0/s1. The van der Waals surface area contributed by atoms with E-state index in [9.17, 15) is 14.0 Å². The number of benzene rings is 2. The third-order valence-electron chi connectivity index (χ3n) is 4.56. The lowest BCUT2D eigenvalue weighted by Gasteiger charge is -2.29. The molecule has 0 bridgehead atoms. The Morgan fingerprint density at radius 1 is 1.03 bits per heavy atom. The van der Waals surface area contributed by atoms with Crippen LogP contribution in [0.1, 0.15) is 32.8 Å². The quantitative estimate of drug-likeness (QED) is 0.660. The molecule has 6 heteroatoms. The Hall–Kier alpha value is -2.89. The molecule has 0 spiro atoms. The van der Waals surface area contributed by atoms with Crippen LogP contribution in [-0.4, -0.2) is 35.9 Å². The second-order valence-corrected chi connectivity index (χ2v) is 7.40. The summed E-state index contributed by atoms with van der Waals surface area (Å²) in [5, 5.41) is 2.88. The summed E-state index contributed by atoms with van der Waals surface area (Å²) in [6.07, 6.45) is 0.863. The monoisotopic (exact) mass is 400 g/mol. The van der Waals surface area contributed by atoms with E-state index in [1.807, 2.05) is 18.2 Å². The van der Waals surface area contributed by atoms with Crippen LogP contribution in [-0.2, 0) is 16.1 Å². The van der Waals surface area contributed by atoms with E-state index in [0.717, 1.165) is 12.0 Å². The minimum absolute atomic E-state index is 0.186.